The first kappa shape index (κ1) is 12.8. The zero-order valence-corrected chi connectivity index (χ0v) is 10.3. The minimum atomic E-state index is -0.464. The smallest absolute Gasteiger partial charge is 0.290 e. The average molecular weight is 259 g/mol. The Labute approximate surface area is 109 Å². The Bertz CT molecular complexity index is 634. The summed E-state index contributed by atoms with van der Waals surface area (Å²) in [5.74, 6) is -0.313. The quantitative estimate of drug-likeness (QED) is 0.860. The third kappa shape index (κ3) is 2.98. The molecule has 0 aliphatic heterocycles. The van der Waals surface area contributed by atoms with Gasteiger partial charge in [-0.3, -0.25) is 14.6 Å². The molecule has 1 unspecified atom stereocenters. The van der Waals surface area contributed by atoms with Crippen molar-refractivity contribution in [1.29, 1.82) is 0 Å². The van der Waals surface area contributed by atoms with Gasteiger partial charge in [0.25, 0.3) is 5.56 Å². The molecule has 6 nitrogen and oxygen atoms in total. The summed E-state index contributed by atoms with van der Waals surface area (Å²) in [4.78, 5) is 29.0. The van der Waals surface area contributed by atoms with E-state index in [1.54, 1.807) is 31.2 Å². The van der Waals surface area contributed by atoms with Crippen LogP contribution in [-0.2, 0) is 4.79 Å². The monoisotopic (exact) mass is 259 g/mol. The molecule has 1 amide bonds. The Kier molecular flexibility index (Phi) is 3.61. The van der Waals surface area contributed by atoms with E-state index < -0.39 is 11.8 Å². The molecule has 2 rings (SSSR count). The van der Waals surface area contributed by atoms with Gasteiger partial charge in [-0.15, -0.1) is 0 Å². The number of aromatic amines is 1. The molecule has 0 spiro atoms. The number of amides is 1. The average Bonchev–Trinajstić information content (AvgIpc) is 2.41. The number of carbonyl (C=O) groups excluding carboxylic acids is 1. The van der Waals surface area contributed by atoms with Crippen LogP contribution >= 0.6 is 0 Å². The summed E-state index contributed by atoms with van der Waals surface area (Å²) < 4.78 is 5.38. The van der Waals surface area contributed by atoms with E-state index in [9.17, 15) is 9.59 Å². The second-order valence-corrected chi connectivity index (χ2v) is 4.01. The van der Waals surface area contributed by atoms with E-state index >= 15 is 0 Å². The van der Waals surface area contributed by atoms with Gasteiger partial charge in [0.05, 0.1) is 17.8 Å². The van der Waals surface area contributed by atoms with Gasteiger partial charge in [-0.05, 0) is 31.2 Å². The number of rotatable bonds is 4. The van der Waals surface area contributed by atoms with E-state index in [1.165, 1.54) is 12.4 Å². The zero-order chi connectivity index (χ0) is 13.8. The van der Waals surface area contributed by atoms with E-state index in [0.717, 1.165) is 0 Å². The van der Waals surface area contributed by atoms with Crippen LogP contribution in [0.3, 0.4) is 0 Å². The summed E-state index contributed by atoms with van der Waals surface area (Å²) in [6, 6.07) is 6.49. The normalized spacial score (nSPS) is 11.8. The Morgan fingerprint density at radius 1 is 1.42 bits per heavy atom. The number of nitrogens with two attached hydrogens (primary N) is 1. The fourth-order valence-corrected chi connectivity index (χ4v) is 1.47. The highest BCUT2D eigenvalue weighted by molar-refractivity contribution is 5.80. The van der Waals surface area contributed by atoms with Gasteiger partial charge < -0.3 is 15.5 Å². The van der Waals surface area contributed by atoms with Crippen molar-refractivity contribution in [2.24, 2.45) is 5.73 Å². The van der Waals surface area contributed by atoms with Gasteiger partial charge in [-0.2, -0.15) is 0 Å². The molecule has 0 aliphatic carbocycles. The lowest BCUT2D eigenvalue weighted by Crippen LogP contribution is -2.19. The predicted octanol–water partition coefficient (Wildman–Crippen LogP) is 1.15. The van der Waals surface area contributed by atoms with Crippen LogP contribution in [0.25, 0.3) is 0 Å². The number of carbonyl (C=O) groups is 1. The SMILES string of the molecule is CC(C(N)=O)c1ccc(Oc2ccc[nH]c2=O)cn1. The highest BCUT2D eigenvalue weighted by Crippen LogP contribution is 2.19. The Morgan fingerprint density at radius 2 is 2.21 bits per heavy atom. The molecule has 1 atom stereocenters. The van der Waals surface area contributed by atoms with E-state index in [1.807, 2.05) is 0 Å². The molecule has 0 radical (unpaired) electrons. The largest absolute Gasteiger partial charge is 0.450 e. The maximum atomic E-state index is 11.4. The molecule has 2 heterocycles. The van der Waals surface area contributed by atoms with Crippen LogP contribution in [0.2, 0.25) is 0 Å². The molecule has 0 fully saturated rings. The molecule has 0 bridgehead atoms. The predicted molar refractivity (Wildman–Crippen MR) is 69.0 cm³/mol. The highest BCUT2D eigenvalue weighted by atomic mass is 16.5. The first-order chi connectivity index (χ1) is 9.08. The molecule has 2 aromatic rings. The number of H-pyrrole nitrogens is 1. The molecule has 6 heteroatoms. The van der Waals surface area contributed by atoms with Gasteiger partial charge in [0.15, 0.2) is 5.75 Å². The lowest BCUT2D eigenvalue weighted by molar-refractivity contribution is -0.119. The number of pyridine rings is 2. The number of hydrogen-bond donors (Lipinski definition) is 2. The number of aromatic nitrogens is 2. The van der Waals surface area contributed by atoms with Crippen molar-refractivity contribution in [1.82, 2.24) is 9.97 Å². The van der Waals surface area contributed by atoms with Crippen molar-refractivity contribution in [3.8, 4) is 11.5 Å². The van der Waals surface area contributed by atoms with Crippen molar-refractivity contribution >= 4 is 5.91 Å². The van der Waals surface area contributed by atoms with Crippen LogP contribution < -0.4 is 16.0 Å². The van der Waals surface area contributed by atoms with Crippen molar-refractivity contribution in [2.45, 2.75) is 12.8 Å². The van der Waals surface area contributed by atoms with Crippen molar-refractivity contribution in [2.75, 3.05) is 0 Å². The topological polar surface area (TPSA) is 98.1 Å². The van der Waals surface area contributed by atoms with Crippen molar-refractivity contribution < 1.29 is 9.53 Å². The molecule has 2 aromatic heterocycles. The van der Waals surface area contributed by atoms with Crippen LogP contribution in [0.4, 0.5) is 0 Å². The Hall–Kier alpha value is -2.63. The van der Waals surface area contributed by atoms with Crippen LogP contribution in [-0.4, -0.2) is 15.9 Å². The minimum Gasteiger partial charge on any atom is -0.450 e. The molecule has 0 saturated heterocycles. The lowest BCUT2D eigenvalue weighted by atomic mass is 10.1. The summed E-state index contributed by atoms with van der Waals surface area (Å²) in [6.45, 7) is 1.67. The highest BCUT2D eigenvalue weighted by Gasteiger charge is 2.13. The number of nitrogens with one attached hydrogen (secondary N) is 1. The Morgan fingerprint density at radius 3 is 2.79 bits per heavy atom. The summed E-state index contributed by atoms with van der Waals surface area (Å²) in [5.41, 5.74) is 5.43. The minimum absolute atomic E-state index is 0.181. The lowest BCUT2D eigenvalue weighted by Gasteiger charge is -2.08. The van der Waals surface area contributed by atoms with Crippen LogP contribution in [0.5, 0.6) is 11.5 Å². The third-order valence-corrected chi connectivity index (χ3v) is 2.64. The van der Waals surface area contributed by atoms with Gasteiger partial charge in [-0.1, -0.05) is 0 Å². The fourth-order valence-electron chi connectivity index (χ4n) is 1.47. The number of hydrogen-bond acceptors (Lipinski definition) is 4. The summed E-state index contributed by atoms with van der Waals surface area (Å²) in [7, 11) is 0. The maximum Gasteiger partial charge on any atom is 0.290 e. The van der Waals surface area contributed by atoms with Gasteiger partial charge in [-0.25, -0.2) is 0 Å². The summed E-state index contributed by atoms with van der Waals surface area (Å²) >= 11 is 0. The molecule has 19 heavy (non-hydrogen) atoms. The van der Waals surface area contributed by atoms with E-state index in [2.05, 4.69) is 9.97 Å². The molecular weight excluding hydrogens is 246 g/mol. The molecule has 0 aromatic carbocycles. The second kappa shape index (κ2) is 5.34. The number of primary amides is 1. The molecular formula is C13H13N3O3. The number of ether oxygens (including phenoxy) is 1. The first-order valence-electron chi connectivity index (χ1n) is 5.69. The van der Waals surface area contributed by atoms with Gasteiger partial charge in [0.1, 0.15) is 5.75 Å². The van der Waals surface area contributed by atoms with E-state index in [0.29, 0.717) is 11.4 Å². The summed E-state index contributed by atoms with van der Waals surface area (Å²) in [5, 5.41) is 0. The Balaban J connectivity index is 2.18. The second-order valence-electron chi connectivity index (χ2n) is 4.01. The molecule has 3 N–H and O–H groups in total. The molecule has 98 valence electrons. The molecule has 0 saturated carbocycles. The van der Waals surface area contributed by atoms with Crippen LogP contribution in [0.1, 0.15) is 18.5 Å². The van der Waals surface area contributed by atoms with Gasteiger partial charge in [0.2, 0.25) is 5.91 Å². The summed E-state index contributed by atoms with van der Waals surface area (Å²) in [6.07, 6.45) is 2.96. The van der Waals surface area contributed by atoms with Crippen LogP contribution in [0, 0.1) is 0 Å². The zero-order valence-electron chi connectivity index (χ0n) is 10.3. The first-order valence-corrected chi connectivity index (χ1v) is 5.69. The van der Waals surface area contributed by atoms with Crippen molar-refractivity contribution in [3.05, 3.63) is 52.7 Å². The molecule has 0 aliphatic rings. The van der Waals surface area contributed by atoms with Crippen molar-refractivity contribution in [3.63, 3.8) is 0 Å². The van der Waals surface area contributed by atoms with Gasteiger partial charge >= 0.3 is 0 Å². The van der Waals surface area contributed by atoms with E-state index in [-0.39, 0.29) is 11.3 Å². The standard InChI is InChI=1S/C13H13N3O3/c1-8(12(14)17)10-5-4-9(7-16-10)19-11-3-2-6-15-13(11)18/h2-8H,1H3,(H2,14,17)(H,15,18). The fraction of sp³-hybridized carbons (Fsp3) is 0.154. The maximum absolute atomic E-state index is 11.4. The third-order valence-electron chi connectivity index (χ3n) is 2.64. The van der Waals surface area contributed by atoms with Gasteiger partial charge in [0, 0.05) is 6.20 Å². The van der Waals surface area contributed by atoms with Crippen LogP contribution in [0.15, 0.2) is 41.5 Å². The van der Waals surface area contributed by atoms with E-state index in [4.69, 9.17) is 10.5 Å². The number of nitrogens with zero attached hydrogens (tertiary/aromatic N) is 1.